The van der Waals surface area contributed by atoms with E-state index in [0.717, 1.165) is 5.56 Å². The van der Waals surface area contributed by atoms with Crippen LogP contribution in [0.4, 0.5) is 8.78 Å². The summed E-state index contributed by atoms with van der Waals surface area (Å²) in [6, 6.07) is 9.08. The molecule has 3 aromatic rings. The first-order valence-electron chi connectivity index (χ1n) is 10.8. The van der Waals surface area contributed by atoms with Crippen molar-refractivity contribution in [3.63, 3.8) is 0 Å². The number of halogens is 2. The molecule has 7 nitrogen and oxygen atoms in total. The van der Waals surface area contributed by atoms with Crippen LogP contribution in [0.5, 0.6) is 11.5 Å². The number of benzene rings is 1. The van der Waals surface area contributed by atoms with E-state index in [0.29, 0.717) is 22.6 Å². The SMILES string of the molecule is C=C(NCC(=N)/C=C\C)c1c(OC)cc(-c2cnc3cc(C(C)(C)C#N)ccn23)cc1OC(F)F. The zero-order chi connectivity index (χ0) is 25.8. The standard InChI is InChI=1S/C26H27F2N5O2/c1-6-7-19(30)13-31-16(2)24-21(34-5)10-17(11-22(24)35-25(27)28)20-14-32-23-12-18(8-9-33(20)23)26(3,4)15-29/h6-12,14,25,30-31H,2,13H2,1,3-5H3/b7-6-,30-19?. The fourth-order valence-corrected chi connectivity index (χ4v) is 3.58. The minimum absolute atomic E-state index is 0.124. The lowest BCUT2D eigenvalue weighted by Crippen LogP contribution is -2.20. The number of aromatic nitrogens is 2. The molecule has 2 heterocycles. The molecule has 0 aliphatic heterocycles. The number of nitriles is 1. The van der Waals surface area contributed by atoms with Crippen LogP contribution in [0.3, 0.4) is 0 Å². The average molecular weight is 480 g/mol. The minimum atomic E-state index is -3.07. The Kier molecular flexibility index (Phi) is 7.55. The molecule has 9 heteroatoms. The van der Waals surface area contributed by atoms with Gasteiger partial charge < -0.3 is 20.2 Å². The van der Waals surface area contributed by atoms with Crippen molar-refractivity contribution >= 4 is 17.1 Å². The zero-order valence-electron chi connectivity index (χ0n) is 20.0. The summed E-state index contributed by atoms with van der Waals surface area (Å²) in [7, 11) is 1.43. The van der Waals surface area contributed by atoms with Crippen LogP contribution in [-0.4, -0.2) is 35.4 Å². The molecule has 0 spiro atoms. The molecule has 0 amide bonds. The lowest BCUT2D eigenvalue weighted by molar-refractivity contribution is -0.0501. The summed E-state index contributed by atoms with van der Waals surface area (Å²) in [5, 5.41) is 20.3. The number of nitrogens with zero attached hydrogens (tertiary/aromatic N) is 3. The van der Waals surface area contributed by atoms with Crippen molar-refractivity contribution in [3.05, 3.63) is 66.5 Å². The lowest BCUT2D eigenvalue weighted by Gasteiger charge is -2.19. The number of nitrogens with one attached hydrogen (secondary N) is 2. The molecule has 0 unspecified atom stereocenters. The Bertz CT molecular complexity index is 1340. The van der Waals surface area contributed by atoms with Crippen LogP contribution in [0.25, 0.3) is 22.6 Å². The van der Waals surface area contributed by atoms with E-state index < -0.39 is 12.0 Å². The molecule has 1 aromatic carbocycles. The van der Waals surface area contributed by atoms with Gasteiger partial charge in [0.15, 0.2) is 0 Å². The number of fused-ring (bicyclic) bond motifs is 1. The first-order chi connectivity index (χ1) is 16.6. The van der Waals surface area contributed by atoms with Crippen molar-refractivity contribution in [2.24, 2.45) is 0 Å². The van der Waals surface area contributed by atoms with E-state index in [-0.39, 0.29) is 29.3 Å². The highest BCUT2D eigenvalue weighted by molar-refractivity contribution is 5.95. The fourth-order valence-electron chi connectivity index (χ4n) is 3.58. The van der Waals surface area contributed by atoms with Gasteiger partial charge in [-0.1, -0.05) is 12.7 Å². The molecule has 0 atom stereocenters. The number of allylic oxidation sites excluding steroid dienone is 1. The van der Waals surface area contributed by atoms with Gasteiger partial charge in [-0.15, -0.1) is 0 Å². The molecule has 0 bridgehead atoms. The number of alkyl halides is 2. The van der Waals surface area contributed by atoms with Gasteiger partial charge in [0, 0.05) is 17.5 Å². The van der Waals surface area contributed by atoms with Crippen LogP contribution in [0.15, 0.2) is 55.4 Å². The number of rotatable bonds is 10. The second-order valence-corrected chi connectivity index (χ2v) is 8.31. The van der Waals surface area contributed by atoms with E-state index in [2.05, 4.69) is 22.9 Å². The van der Waals surface area contributed by atoms with Crippen LogP contribution in [0.2, 0.25) is 0 Å². The topological polar surface area (TPSA) is 95.4 Å². The second-order valence-electron chi connectivity index (χ2n) is 8.31. The summed E-state index contributed by atoms with van der Waals surface area (Å²) >= 11 is 0. The molecule has 35 heavy (non-hydrogen) atoms. The fraction of sp³-hybridized carbons (Fsp3) is 0.269. The molecule has 3 rings (SSSR count). The monoisotopic (exact) mass is 479 g/mol. The van der Waals surface area contributed by atoms with Gasteiger partial charge in [0.2, 0.25) is 0 Å². The smallest absolute Gasteiger partial charge is 0.387 e. The van der Waals surface area contributed by atoms with E-state index in [1.54, 1.807) is 41.9 Å². The van der Waals surface area contributed by atoms with Crippen LogP contribution < -0.4 is 14.8 Å². The maximum absolute atomic E-state index is 13.3. The van der Waals surface area contributed by atoms with Crippen molar-refractivity contribution in [1.29, 1.82) is 10.7 Å². The third-order valence-electron chi connectivity index (χ3n) is 5.47. The van der Waals surface area contributed by atoms with Crippen LogP contribution >= 0.6 is 0 Å². The number of hydrogen-bond donors (Lipinski definition) is 2. The van der Waals surface area contributed by atoms with Crippen molar-refractivity contribution in [2.75, 3.05) is 13.7 Å². The minimum Gasteiger partial charge on any atom is -0.496 e. The zero-order valence-corrected chi connectivity index (χ0v) is 20.0. The van der Waals surface area contributed by atoms with Gasteiger partial charge in [-0.3, -0.25) is 4.40 Å². The summed E-state index contributed by atoms with van der Waals surface area (Å²) in [4.78, 5) is 4.44. The Hall–Kier alpha value is -4.19. The summed E-state index contributed by atoms with van der Waals surface area (Å²) in [6.07, 6.45) is 6.75. The predicted molar refractivity (Wildman–Crippen MR) is 132 cm³/mol. The molecular formula is C26H27F2N5O2. The molecule has 0 aliphatic carbocycles. The van der Waals surface area contributed by atoms with Gasteiger partial charge in [-0.25, -0.2) is 4.98 Å². The van der Waals surface area contributed by atoms with E-state index in [1.165, 1.54) is 13.2 Å². The van der Waals surface area contributed by atoms with E-state index in [4.69, 9.17) is 14.9 Å². The first kappa shape index (κ1) is 25.4. The number of imidazole rings is 1. The highest BCUT2D eigenvalue weighted by Gasteiger charge is 2.23. The molecule has 2 aromatic heterocycles. The quantitative estimate of drug-likeness (QED) is 0.371. The first-order valence-corrected chi connectivity index (χ1v) is 10.8. The highest BCUT2D eigenvalue weighted by Crippen LogP contribution is 2.39. The molecule has 0 aliphatic rings. The van der Waals surface area contributed by atoms with Crippen molar-refractivity contribution in [1.82, 2.24) is 14.7 Å². The van der Waals surface area contributed by atoms with Crippen molar-refractivity contribution in [2.45, 2.75) is 32.8 Å². The van der Waals surface area contributed by atoms with Gasteiger partial charge in [0.1, 0.15) is 17.1 Å². The van der Waals surface area contributed by atoms with E-state index >= 15 is 0 Å². The molecule has 0 radical (unpaired) electrons. The number of hydrogen-bond acceptors (Lipinski definition) is 6. The average Bonchev–Trinajstić information content (AvgIpc) is 3.25. The largest absolute Gasteiger partial charge is 0.496 e. The molecular weight excluding hydrogens is 452 g/mol. The highest BCUT2D eigenvalue weighted by atomic mass is 19.3. The summed E-state index contributed by atoms with van der Waals surface area (Å²) in [6.45, 7) is 6.45. The number of methoxy groups -OCH3 is 1. The lowest BCUT2D eigenvalue weighted by atomic mass is 9.87. The third kappa shape index (κ3) is 5.49. The number of pyridine rings is 1. The maximum atomic E-state index is 13.3. The van der Waals surface area contributed by atoms with E-state index in [9.17, 15) is 14.0 Å². The Labute approximate surface area is 202 Å². The summed E-state index contributed by atoms with van der Waals surface area (Å²) < 4.78 is 38.8. The van der Waals surface area contributed by atoms with Gasteiger partial charge in [-0.2, -0.15) is 14.0 Å². The molecule has 0 fully saturated rings. The normalized spacial score (nSPS) is 11.6. The van der Waals surface area contributed by atoms with Crippen LogP contribution in [-0.2, 0) is 5.41 Å². The maximum Gasteiger partial charge on any atom is 0.387 e. The number of ether oxygens (including phenoxy) is 2. The van der Waals surface area contributed by atoms with Crippen LogP contribution in [0.1, 0.15) is 31.9 Å². The second kappa shape index (κ2) is 10.4. The molecule has 0 saturated heterocycles. The van der Waals surface area contributed by atoms with Gasteiger partial charge in [-0.05, 0) is 56.7 Å². The van der Waals surface area contributed by atoms with Gasteiger partial charge in [0.05, 0.1) is 48.3 Å². The summed E-state index contributed by atoms with van der Waals surface area (Å²) in [5.74, 6) is 0.145. The molecule has 2 N–H and O–H groups in total. The Balaban J connectivity index is 2.09. The summed E-state index contributed by atoms with van der Waals surface area (Å²) in [5.41, 5.74) is 2.70. The predicted octanol–water partition coefficient (Wildman–Crippen LogP) is 5.57. The Morgan fingerprint density at radius 1 is 1.34 bits per heavy atom. The Morgan fingerprint density at radius 2 is 2.06 bits per heavy atom. The van der Waals surface area contributed by atoms with Crippen molar-refractivity contribution < 1.29 is 18.3 Å². The van der Waals surface area contributed by atoms with Crippen LogP contribution in [0, 0.1) is 16.7 Å². The third-order valence-corrected chi connectivity index (χ3v) is 5.47. The molecule has 0 saturated carbocycles. The van der Waals surface area contributed by atoms with Gasteiger partial charge in [0.25, 0.3) is 0 Å². The van der Waals surface area contributed by atoms with Crippen molar-refractivity contribution in [3.8, 4) is 28.8 Å². The Morgan fingerprint density at radius 3 is 2.69 bits per heavy atom. The van der Waals surface area contributed by atoms with E-state index in [1.807, 2.05) is 26.0 Å². The molecule has 182 valence electrons. The van der Waals surface area contributed by atoms with Gasteiger partial charge >= 0.3 is 6.61 Å².